The minimum Gasteiger partial charge on any atom is -0.497 e. The molecule has 3 aromatic rings. The molecule has 0 fully saturated rings. The Balaban J connectivity index is 1.51. The second kappa shape index (κ2) is 7.07. The highest BCUT2D eigenvalue weighted by atomic mass is 32.1. The van der Waals surface area contributed by atoms with Gasteiger partial charge in [0.1, 0.15) is 18.1 Å². The van der Waals surface area contributed by atoms with Crippen molar-refractivity contribution in [2.45, 2.75) is 32.7 Å². The van der Waals surface area contributed by atoms with Gasteiger partial charge in [-0.25, -0.2) is 4.68 Å². The number of fused-ring (bicyclic) bond motifs is 3. The first-order valence-corrected chi connectivity index (χ1v) is 9.62. The second-order valence-corrected chi connectivity index (χ2v) is 7.76. The van der Waals surface area contributed by atoms with Crippen LogP contribution in [0.25, 0.3) is 10.2 Å². The number of methoxy groups -OCH3 is 1. The smallest absolute Gasteiger partial charge is 0.278 e. The number of hydrogen-bond acceptors (Lipinski definition) is 6. The zero-order chi connectivity index (χ0) is 18.1. The molecule has 0 unspecified atom stereocenters. The van der Waals surface area contributed by atoms with Crippen LogP contribution in [0, 0.1) is 5.92 Å². The molecule has 0 N–H and O–H groups in total. The van der Waals surface area contributed by atoms with Crippen LogP contribution in [-0.2, 0) is 19.4 Å². The molecule has 136 valence electrons. The number of aromatic nitrogens is 3. The van der Waals surface area contributed by atoms with Crippen molar-refractivity contribution in [2.24, 2.45) is 5.92 Å². The molecule has 2 heterocycles. The predicted octanol–water partition coefficient (Wildman–Crippen LogP) is 3.07. The van der Waals surface area contributed by atoms with Gasteiger partial charge in [-0.3, -0.25) is 4.79 Å². The van der Waals surface area contributed by atoms with E-state index < -0.39 is 0 Å². The van der Waals surface area contributed by atoms with Gasteiger partial charge in [-0.2, -0.15) is 0 Å². The molecule has 0 radical (unpaired) electrons. The first-order valence-electron chi connectivity index (χ1n) is 8.80. The van der Waals surface area contributed by atoms with Gasteiger partial charge in [-0.15, -0.1) is 16.4 Å². The first-order chi connectivity index (χ1) is 12.7. The second-order valence-electron chi connectivity index (χ2n) is 6.67. The fourth-order valence-electron chi connectivity index (χ4n) is 3.36. The number of rotatable bonds is 5. The lowest BCUT2D eigenvalue weighted by Gasteiger charge is -2.17. The largest absolute Gasteiger partial charge is 0.497 e. The third kappa shape index (κ3) is 3.19. The van der Waals surface area contributed by atoms with Crippen LogP contribution in [0.2, 0.25) is 0 Å². The summed E-state index contributed by atoms with van der Waals surface area (Å²) < 4.78 is 12.2. The molecule has 0 spiro atoms. The lowest BCUT2D eigenvalue weighted by atomic mass is 9.89. The van der Waals surface area contributed by atoms with Crippen molar-refractivity contribution in [1.82, 2.24) is 15.0 Å². The van der Waals surface area contributed by atoms with Gasteiger partial charge in [0, 0.05) is 4.88 Å². The van der Waals surface area contributed by atoms with Crippen LogP contribution in [-0.4, -0.2) is 28.7 Å². The summed E-state index contributed by atoms with van der Waals surface area (Å²) in [6, 6.07) is 7.36. The molecule has 7 heteroatoms. The molecule has 26 heavy (non-hydrogen) atoms. The fraction of sp³-hybridized carbons (Fsp3) is 0.421. The summed E-state index contributed by atoms with van der Waals surface area (Å²) in [6.07, 6.45) is 3.12. The van der Waals surface area contributed by atoms with Crippen molar-refractivity contribution in [3.63, 3.8) is 0 Å². The molecule has 4 rings (SSSR count). The van der Waals surface area contributed by atoms with Gasteiger partial charge in [-0.1, -0.05) is 12.1 Å². The monoisotopic (exact) mass is 371 g/mol. The van der Waals surface area contributed by atoms with Gasteiger partial charge in [0.15, 0.2) is 4.83 Å². The Morgan fingerprint density at radius 3 is 2.81 bits per heavy atom. The molecule has 0 saturated heterocycles. The van der Waals surface area contributed by atoms with Crippen LogP contribution in [0.1, 0.15) is 23.8 Å². The molecule has 0 amide bonds. The normalized spacial score (nSPS) is 16.5. The molecule has 1 aliphatic carbocycles. The van der Waals surface area contributed by atoms with E-state index in [0.717, 1.165) is 41.0 Å². The van der Waals surface area contributed by atoms with Crippen molar-refractivity contribution in [3.05, 3.63) is 45.1 Å². The van der Waals surface area contributed by atoms with Crippen LogP contribution < -0.4 is 15.0 Å². The maximum absolute atomic E-state index is 12.9. The van der Waals surface area contributed by atoms with Crippen LogP contribution in [0.15, 0.2) is 29.1 Å². The summed E-state index contributed by atoms with van der Waals surface area (Å²) in [4.78, 5) is 14.9. The number of aryl methyl sites for hydroxylation is 1. The summed E-state index contributed by atoms with van der Waals surface area (Å²) in [6.45, 7) is 2.98. The van der Waals surface area contributed by atoms with E-state index in [2.05, 4.69) is 17.2 Å². The third-order valence-corrected chi connectivity index (χ3v) is 5.95. The van der Waals surface area contributed by atoms with Gasteiger partial charge >= 0.3 is 0 Å². The van der Waals surface area contributed by atoms with Gasteiger partial charge in [0.05, 0.1) is 19.0 Å². The van der Waals surface area contributed by atoms with Crippen molar-refractivity contribution in [2.75, 3.05) is 13.7 Å². The highest BCUT2D eigenvalue weighted by Gasteiger charge is 2.23. The molecule has 2 aromatic heterocycles. The summed E-state index contributed by atoms with van der Waals surface area (Å²) in [5.41, 5.74) is 1.13. The summed E-state index contributed by atoms with van der Waals surface area (Å²) in [5.74, 6) is 2.18. The molecule has 0 saturated carbocycles. The predicted molar refractivity (Wildman–Crippen MR) is 101 cm³/mol. The average Bonchev–Trinajstić information content (AvgIpc) is 3.02. The van der Waals surface area contributed by atoms with Crippen molar-refractivity contribution >= 4 is 21.6 Å². The zero-order valence-corrected chi connectivity index (χ0v) is 15.7. The standard InChI is InChI=1S/C19H21N3O3S/c1-12-3-8-15-16(11-12)26-18-17(15)19(23)22(21-20-18)9-10-25-14-6-4-13(24-2)5-7-14/h4-7,12H,3,8-11H2,1-2H3/t12-/m1/s1. The Kier molecular flexibility index (Phi) is 4.63. The van der Waals surface area contributed by atoms with Crippen LogP contribution >= 0.6 is 11.3 Å². The number of nitrogens with zero attached hydrogens (tertiary/aromatic N) is 3. The Hall–Kier alpha value is -2.41. The molecule has 6 nitrogen and oxygen atoms in total. The van der Waals surface area contributed by atoms with Crippen molar-refractivity contribution < 1.29 is 9.47 Å². The van der Waals surface area contributed by atoms with E-state index in [9.17, 15) is 4.79 Å². The highest BCUT2D eigenvalue weighted by molar-refractivity contribution is 7.18. The maximum Gasteiger partial charge on any atom is 0.278 e. The lowest BCUT2D eigenvalue weighted by Crippen LogP contribution is -2.27. The minimum atomic E-state index is -0.0552. The number of thiophene rings is 1. The van der Waals surface area contributed by atoms with E-state index in [4.69, 9.17) is 9.47 Å². The molecule has 0 bridgehead atoms. The quantitative estimate of drug-likeness (QED) is 0.690. The SMILES string of the molecule is COc1ccc(OCCn2nnc3sc4c(c3c2=O)CC[C@@H](C)C4)cc1. The minimum absolute atomic E-state index is 0.0552. The summed E-state index contributed by atoms with van der Waals surface area (Å²) in [5, 5.41) is 9.13. The molecule has 1 atom stereocenters. The molecule has 1 aromatic carbocycles. The first kappa shape index (κ1) is 17.0. The Labute approximate surface area is 155 Å². The zero-order valence-electron chi connectivity index (χ0n) is 14.9. The number of benzene rings is 1. The number of hydrogen-bond donors (Lipinski definition) is 0. The lowest BCUT2D eigenvalue weighted by molar-refractivity contribution is 0.285. The molecular weight excluding hydrogens is 350 g/mol. The van der Waals surface area contributed by atoms with Crippen molar-refractivity contribution in [1.29, 1.82) is 0 Å². The summed E-state index contributed by atoms with van der Waals surface area (Å²) >= 11 is 1.62. The van der Waals surface area contributed by atoms with Gasteiger partial charge in [-0.05, 0) is 55.0 Å². The van der Waals surface area contributed by atoms with E-state index in [1.54, 1.807) is 18.4 Å². The highest BCUT2D eigenvalue weighted by Crippen LogP contribution is 2.35. The summed E-state index contributed by atoms with van der Waals surface area (Å²) in [7, 11) is 1.63. The fourth-order valence-corrected chi connectivity index (χ4v) is 4.68. The van der Waals surface area contributed by atoms with E-state index in [1.165, 1.54) is 15.1 Å². The average molecular weight is 371 g/mol. The number of ether oxygens (including phenoxy) is 2. The van der Waals surface area contributed by atoms with Gasteiger partial charge in [0.2, 0.25) is 0 Å². The van der Waals surface area contributed by atoms with Crippen LogP contribution in [0.4, 0.5) is 0 Å². The molecular formula is C19H21N3O3S. The van der Waals surface area contributed by atoms with E-state index in [-0.39, 0.29) is 5.56 Å². The van der Waals surface area contributed by atoms with Gasteiger partial charge in [0.25, 0.3) is 5.56 Å². The molecule has 1 aliphatic rings. The van der Waals surface area contributed by atoms with Gasteiger partial charge < -0.3 is 9.47 Å². The Morgan fingerprint density at radius 1 is 1.27 bits per heavy atom. The van der Waals surface area contributed by atoms with E-state index in [0.29, 0.717) is 19.1 Å². The van der Waals surface area contributed by atoms with E-state index >= 15 is 0 Å². The Bertz CT molecular complexity index is 978. The molecule has 0 aliphatic heterocycles. The topological polar surface area (TPSA) is 66.2 Å². The van der Waals surface area contributed by atoms with E-state index in [1.807, 2.05) is 24.3 Å². The maximum atomic E-state index is 12.9. The Morgan fingerprint density at radius 2 is 2.04 bits per heavy atom. The third-order valence-electron chi connectivity index (χ3n) is 4.82. The van der Waals surface area contributed by atoms with Crippen LogP contribution in [0.5, 0.6) is 11.5 Å². The van der Waals surface area contributed by atoms with Crippen molar-refractivity contribution in [3.8, 4) is 11.5 Å². The van der Waals surface area contributed by atoms with Crippen LogP contribution in [0.3, 0.4) is 0 Å².